The number of aromatic nitrogens is 1. The zero-order chi connectivity index (χ0) is 14.7. The van der Waals surface area contributed by atoms with Gasteiger partial charge in [-0.05, 0) is 43.7 Å². The number of pyridine rings is 1. The highest BCUT2D eigenvalue weighted by Gasteiger charge is 2.24. The van der Waals surface area contributed by atoms with Crippen molar-refractivity contribution in [1.82, 2.24) is 4.98 Å². The van der Waals surface area contributed by atoms with E-state index in [1.165, 1.54) is 56.3 Å². The standard InChI is InChI=1S/C19H28N2/c1-14(2)12-16-8-10-19(16)21-17-9-11-18(20-13-17)15-6-4-3-5-7-15/h9,11-15,19,21H,3-8,10H2,1-2H3/b16-12+. The van der Waals surface area contributed by atoms with Crippen LogP contribution in [0.15, 0.2) is 30.0 Å². The van der Waals surface area contributed by atoms with Crippen molar-refractivity contribution in [3.8, 4) is 0 Å². The van der Waals surface area contributed by atoms with Crippen LogP contribution in [0, 0.1) is 5.92 Å². The molecule has 0 aromatic carbocycles. The fourth-order valence-electron chi connectivity index (χ4n) is 3.58. The van der Waals surface area contributed by atoms with Gasteiger partial charge in [0.1, 0.15) is 0 Å². The number of nitrogens with zero attached hydrogens (tertiary/aromatic N) is 1. The molecule has 1 atom stereocenters. The highest BCUT2D eigenvalue weighted by Crippen LogP contribution is 2.33. The van der Waals surface area contributed by atoms with Crippen molar-refractivity contribution < 1.29 is 0 Å². The van der Waals surface area contributed by atoms with Crippen LogP contribution in [0.25, 0.3) is 0 Å². The van der Waals surface area contributed by atoms with Crippen molar-refractivity contribution in [2.24, 2.45) is 5.92 Å². The summed E-state index contributed by atoms with van der Waals surface area (Å²) in [4.78, 5) is 4.72. The van der Waals surface area contributed by atoms with Gasteiger partial charge >= 0.3 is 0 Å². The lowest BCUT2D eigenvalue weighted by Gasteiger charge is -2.32. The largest absolute Gasteiger partial charge is 0.377 e. The lowest BCUT2D eigenvalue weighted by molar-refractivity contribution is 0.437. The third-order valence-electron chi connectivity index (χ3n) is 4.87. The van der Waals surface area contributed by atoms with Gasteiger partial charge in [0.05, 0.1) is 11.9 Å². The molecule has 1 unspecified atom stereocenters. The van der Waals surface area contributed by atoms with Gasteiger partial charge in [0.2, 0.25) is 0 Å². The summed E-state index contributed by atoms with van der Waals surface area (Å²) in [6.07, 6.45) is 13.7. The van der Waals surface area contributed by atoms with Crippen molar-refractivity contribution in [3.05, 3.63) is 35.7 Å². The predicted molar refractivity (Wildman–Crippen MR) is 89.6 cm³/mol. The molecule has 0 bridgehead atoms. The Morgan fingerprint density at radius 3 is 2.52 bits per heavy atom. The number of hydrogen-bond acceptors (Lipinski definition) is 2. The van der Waals surface area contributed by atoms with Gasteiger partial charge in [-0.25, -0.2) is 0 Å². The van der Waals surface area contributed by atoms with E-state index in [0.717, 1.165) is 0 Å². The number of hydrogen-bond donors (Lipinski definition) is 1. The van der Waals surface area contributed by atoms with Crippen LogP contribution in [-0.4, -0.2) is 11.0 Å². The van der Waals surface area contributed by atoms with E-state index in [0.29, 0.717) is 17.9 Å². The molecule has 1 heterocycles. The summed E-state index contributed by atoms with van der Waals surface area (Å²) in [6, 6.07) is 5.00. The van der Waals surface area contributed by atoms with Crippen molar-refractivity contribution in [3.63, 3.8) is 0 Å². The summed E-state index contributed by atoms with van der Waals surface area (Å²) in [6.45, 7) is 4.51. The zero-order valence-electron chi connectivity index (χ0n) is 13.4. The molecule has 2 fully saturated rings. The second-order valence-electron chi connectivity index (χ2n) is 7.03. The van der Waals surface area contributed by atoms with Crippen molar-refractivity contribution in [1.29, 1.82) is 0 Å². The number of nitrogens with one attached hydrogen (secondary N) is 1. The van der Waals surface area contributed by atoms with Crippen LogP contribution in [0.3, 0.4) is 0 Å². The zero-order valence-corrected chi connectivity index (χ0v) is 13.4. The van der Waals surface area contributed by atoms with Gasteiger partial charge in [0.15, 0.2) is 0 Å². The van der Waals surface area contributed by atoms with Gasteiger partial charge in [-0.15, -0.1) is 0 Å². The Morgan fingerprint density at radius 2 is 1.95 bits per heavy atom. The van der Waals surface area contributed by atoms with E-state index < -0.39 is 0 Å². The van der Waals surface area contributed by atoms with Crippen molar-refractivity contribution in [2.75, 3.05) is 5.32 Å². The Hall–Kier alpha value is -1.31. The molecule has 0 amide bonds. The smallest absolute Gasteiger partial charge is 0.0531 e. The molecule has 0 saturated heterocycles. The Morgan fingerprint density at radius 1 is 1.14 bits per heavy atom. The lowest BCUT2D eigenvalue weighted by Crippen LogP contribution is -2.31. The van der Waals surface area contributed by atoms with Gasteiger partial charge < -0.3 is 5.32 Å². The summed E-state index contributed by atoms with van der Waals surface area (Å²) in [5.74, 6) is 1.35. The molecule has 1 aromatic heterocycles. The van der Waals surface area contributed by atoms with E-state index in [1.54, 1.807) is 5.57 Å². The Bertz CT molecular complexity index is 481. The van der Waals surface area contributed by atoms with Crippen molar-refractivity contribution >= 4 is 5.69 Å². The third-order valence-corrected chi connectivity index (χ3v) is 4.87. The lowest BCUT2D eigenvalue weighted by atomic mass is 9.84. The van der Waals surface area contributed by atoms with Gasteiger partial charge in [-0.1, -0.05) is 44.8 Å². The Labute approximate surface area is 129 Å². The fraction of sp³-hybridized carbons (Fsp3) is 0.632. The quantitative estimate of drug-likeness (QED) is 0.760. The second-order valence-corrected chi connectivity index (χ2v) is 7.03. The SMILES string of the molecule is CC(C)/C=C1\CCC1Nc1ccc(C2CCCCC2)nc1. The average molecular weight is 284 g/mol. The minimum absolute atomic E-state index is 0.537. The summed E-state index contributed by atoms with van der Waals surface area (Å²) in [7, 11) is 0. The molecule has 2 aliphatic carbocycles. The van der Waals surface area contributed by atoms with Gasteiger partial charge in [-0.3, -0.25) is 4.98 Å². The molecule has 114 valence electrons. The molecule has 1 N–H and O–H groups in total. The first-order chi connectivity index (χ1) is 10.2. The summed E-state index contributed by atoms with van der Waals surface area (Å²) < 4.78 is 0. The van der Waals surface area contributed by atoms with E-state index >= 15 is 0 Å². The molecule has 0 aliphatic heterocycles. The minimum Gasteiger partial charge on any atom is -0.377 e. The van der Waals surface area contributed by atoms with E-state index in [9.17, 15) is 0 Å². The number of allylic oxidation sites excluding steroid dienone is 1. The normalized spacial score (nSPS) is 25.1. The van der Waals surface area contributed by atoms with Crippen LogP contribution >= 0.6 is 0 Å². The maximum atomic E-state index is 4.72. The van der Waals surface area contributed by atoms with Crippen LogP contribution in [0.5, 0.6) is 0 Å². The summed E-state index contributed by atoms with van der Waals surface area (Å²) in [5, 5.41) is 3.63. The predicted octanol–water partition coefficient (Wildman–Crippen LogP) is 5.29. The first kappa shape index (κ1) is 14.6. The second kappa shape index (κ2) is 6.64. The molecule has 21 heavy (non-hydrogen) atoms. The molecule has 2 heteroatoms. The van der Waals surface area contributed by atoms with Crippen LogP contribution in [-0.2, 0) is 0 Å². The molecule has 3 rings (SSSR count). The van der Waals surface area contributed by atoms with Crippen LogP contribution in [0.2, 0.25) is 0 Å². The van der Waals surface area contributed by atoms with E-state index in [2.05, 4.69) is 37.4 Å². The van der Waals surface area contributed by atoms with Gasteiger partial charge in [0, 0.05) is 17.7 Å². The molecular formula is C19H28N2. The molecule has 0 radical (unpaired) electrons. The fourth-order valence-corrected chi connectivity index (χ4v) is 3.58. The van der Waals surface area contributed by atoms with Gasteiger partial charge in [0.25, 0.3) is 0 Å². The molecule has 2 nitrogen and oxygen atoms in total. The Kier molecular flexibility index (Phi) is 4.62. The molecule has 0 spiro atoms. The molecular weight excluding hydrogens is 256 g/mol. The van der Waals surface area contributed by atoms with Crippen molar-refractivity contribution in [2.45, 2.75) is 70.8 Å². The third kappa shape index (κ3) is 3.66. The topological polar surface area (TPSA) is 24.9 Å². The number of anilines is 1. The molecule has 1 aromatic rings. The van der Waals surface area contributed by atoms with Crippen LogP contribution in [0.4, 0.5) is 5.69 Å². The minimum atomic E-state index is 0.537. The van der Waals surface area contributed by atoms with E-state index in [4.69, 9.17) is 4.98 Å². The van der Waals surface area contributed by atoms with Crippen LogP contribution in [0.1, 0.15) is 70.4 Å². The molecule has 2 saturated carbocycles. The number of rotatable bonds is 4. The first-order valence-corrected chi connectivity index (χ1v) is 8.65. The summed E-state index contributed by atoms with van der Waals surface area (Å²) >= 11 is 0. The van der Waals surface area contributed by atoms with Crippen LogP contribution < -0.4 is 5.32 Å². The monoisotopic (exact) mass is 284 g/mol. The van der Waals surface area contributed by atoms with Gasteiger partial charge in [-0.2, -0.15) is 0 Å². The maximum absolute atomic E-state index is 4.72. The molecule has 2 aliphatic rings. The first-order valence-electron chi connectivity index (χ1n) is 8.65. The highest BCUT2D eigenvalue weighted by molar-refractivity contribution is 5.46. The van der Waals surface area contributed by atoms with E-state index in [-0.39, 0.29) is 0 Å². The summed E-state index contributed by atoms with van der Waals surface area (Å²) in [5.41, 5.74) is 4.04. The Balaban J connectivity index is 1.59. The maximum Gasteiger partial charge on any atom is 0.0531 e. The average Bonchev–Trinajstić information content (AvgIpc) is 2.51. The highest BCUT2D eigenvalue weighted by atomic mass is 14.9. The van der Waals surface area contributed by atoms with E-state index in [1.807, 2.05) is 6.20 Å².